The van der Waals surface area contributed by atoms with Crippen molar-refractivity contribution in [3.63, 3.8) is 0 Å². The molecule has 1 unspecified atom stereocenters. The molecule has 4 aromatic rings. The molecule has 0 fully saturated rings. The van der Waals surface area contributed by atoms with Gasteiger partial charge in [-0.15, -0.1) is 22.7 Å². The van der Waals surface area contributed by atoms with E-state index in [0.717, 1.165) is 59.0 Å². The molecule has 0 bridgehead atoms. The van der Waals surface area contributed by atoms with Gasteiger partial charge in [-0.1, -0.05) is 18.7 Å². The van der Waals surface area contributed by atoms with Gasteiger partial charge >= 0.3 is 0 Å². The maximum Gasteiger partial charge on any atom is 0.263 e. The average Bonchev–Trinajstić information content (AvgIpc) is 3.35. The van der Waals surface area contributed by atoms with Gasteiger partial charge in [0.15, 0.2) is 5.16 Å². The number of aromatic amines is 1. The molecule has 172 valence electrons. The van der Waals surface area contributed by atoms with Crippen LogP contribution in [-0.4, -0.2) is 19.5 Å². The molecule has 0 aromatic carbocycles. The zero-order chi connectivity index (χ0) is 22.7. The molecule has 2 aliphatic rings. The number of H-pyrrole nitrogens is 1. The Bertz CT molecular complexity index is 1510. The third-order valence-electron chi connectivity index (χ3n) is 6.91. The van der Waals surface area contributed by atoms with Crippen LogP contribution in [0.5, 0.6) is 0 Å². The Hall–Kier alpha value is -1.97. The zero-order valence-corrected chi connectivity index (χ0v) is 21.3. The van der Waals surface area contributed by atoms with Crippen molar-refractivity contribution < 1.29 is 0 Å². The molecule has 1 N–H and O–H groups in total. The van der Waals surface area contributed by atoms with E-state index >= 15 is 0 Å². The summed E-state index contributed by atoms with van der Waals surface area (Å²) in [5, 5.41) is 2.31. The van der Waals surface area contributed by atoms with Gasteiger partial charge in [0.25, 0.3) is 11.1 Å². The predicted octanol–water partition coefficient (Wildman–Crippen LogP) is 5.07. The molecule has 6 nitrogen and oxygen atoms in total. The minimum atomic E-state index is -0.0371. The predicted molar refractivity (Wildman–Crippen MR) is 137 cm³/mol. The van der Waals surface area contributed by atoms with E-state index in [1.165, 1.54) is 39.1 Å². The average molecular weight is 499 g/mol. The number of hydrogen-bond donors (Lipinski definition) is 1. The fourth-order valence-corrected chi connectivity index (χ4v) is 8.84. The number of thiophene rings is 2. The molecule has 0 spiro atoms. The van der Waals surface area contributed by atoms with Crippen LogP contribution >= 0.6 is 34.4 Å². The molecule has 6 rings (SSSR count). The van der Waals surface area contributed by atoms with E-state index in [2.05, 4.69) is 11.9 Å². The molecular formula is C24H26N4O2S3. The molecule has 4 heterocycles. The van der Waals surface area contributed by atoms with Crippen molar-refractivity contribution in [2.24, 2.45) is 5.92 Å². The quantitative estimate of drug-likeness (QED) is 0.314. The first-order valence-electron chi connectivity index (χ1n) is 11.7. The van der Waals surface area contributed by atoms with Gasteiger partial charge in [0.05, 0.1) is 16.5 Å². The summed E-state index contributed by atoms with van der Waals surface area (Å²) < 4.78 is 1.77. The fraction of sp³-hybridized carbons (Fsp3) is 0.500. The highest BCUT2D eigenvalue weighted by Crippen LogP contribution is 2.37. The summed E-state index contributed by atoms with van der Waals surface area (Å²) in [6, 6.07) is 0. The zero-order valence-electron chi connectivity index (χ0n) is 18.8. The van der Waals surface area contributed by atoms with Crippen molar-refractivity contribution in [3.05, 3.63) is 47.4 Å². The smallest absolute Gasteiger partial charge is 0.263 e. The molecule has 0 radical (unpaired) electrons. The summed E-state index contributed by atoms with van der Waals surface area (Å²) in [4.78, 5) is 43.3. The van der Waals surface area contributed by atoms with E-state index < -0.39 is 0 Å². The fourth-order valence-electron chi connectivity index (χ4n) is 5.20. The molecule has 2 aliphatic carbocycles. The van der Waals surface area contributed by atoms with Crippen LogP contribution in [0, 0.1) is 5.92 Å². The Labute approximate surface area is 203 Å². The first kappa shape index (κ1) is 21.6. The van der Waals surface area contributed by atoms with Crippen molar-refractivity contribution in [2.75, 3.05) is 0 Å². The van der Waals surface area contributed by atoms with Crippen LogP contribution in [0.3, 0.4) is 0 Å². The van der Waals surface area contributed by atoms with Crippen molar-refractivity contribution in [2.45, 2.75) is 76.2 Å². The highest BCUT2D eigenvalue weighted by atomic mass is 32.2. The maximum absolute atomic E-state index is 13.3. The lowest BCUT2D eigenvalue weighted by Gasteiger charge is -2.17. The summed E-state index contributed by atoms with van der Waals surface area (Å²) >= 11 is 4.83. The van der Waals surface area contributed by atoms with Gasteiger partial charge < -0.3 is 4.98 Å². The Morgan fingerprint density at radius 1 is 1.03 bits per heavy atom. The highest BCUT2D eigenvalue weighted by molar-refractivity contribution is 7.98. The van der Waals surface area contributed by atoms with Crippen molar-refractivity contribution >= 4 is 54.9 Å². The molecule has 9 heteroatoms. The van der Waals surface area contributed by atoms with Gasteiger partial charge in [-0.3, -0.25) is 14.2 Å². The van der Waals surface area contributed by atoms with Gasteiger partial charge in [0, 0.05) is 16.3 Å². The number of nitrogens with one attached hydrogen (secondary N) is 1. The second-order valence-corrected chi connectivity index (χ2v) is 12.3. The number of aromatic nitrogens is 4. The van der Waals surface area contributed by atoms with Crippen LogP contribution in [0.4, 0.5) is 0 Å². The summed E-state index contributed by atoms with van der Waals surface area (Å²) in [7, 11) is 0. The number of hydrogen-bond acceptors (Lipinski definition) is 7. The lowest BCUT2D eigenvalue weighted by atomic mass is 9.89. The highest BCUT2D eigenvalue weighted by Gasteiger charge is 2.24. The van der Waals surface area contributed by atoms with Gasteiger partial charge in [-0.25, -0.2) is 9.97 Å². The minimum absolute atomic E-state index is 0.0371. The Morgan fingerprint density at radius 2 is 1.79 bits per heavy atom. The maximum atomic E-state index is 13.3. The lowest BCUT2D eigenvalue weighted by molar-refractivity contribution is 0.509. The second-order valence-electron chi connectivity index (χ2n) is 9.17. The van der Waals surface area contributed by atoms with E-state index in [1.54, 1.807) is 27.2 Å². The van der Waals surface area contributed by atoms with Gasteiger partial charge in [-0.05, 0) is 68.9 Å². The minimum Gasteiger partial charge on any atom is -0.309 e. The van der Waals surface area contributed by atoms with Crippen LogP contribution in [0.15, 0.2) is 14.7 Å². The molecule has 0 aliphatic heterocycles. The summed E-state index contributed by atoms with van der Waals surface area (Å²) in [5.41, 5.74) is 2.46. The van der Waals surface area contributed by atoms with Crippen molar-refractivity contribution in [3.8, 4) is 0 Å². The standard InChI is InChI=1S/C24H26N4O2S3/c1-3-28-23(30)19-13-6-4-5-7-15(13)32-22(19)27-24(28)31-11-17-25-20(29)18-14-9-8-12(2)10-16(14)33-21(18)26-17/h12H,3-11H2,1-2H3,(H,25,26,29). The Morgan fingerprint density at radius 3 is 2.64 bits per heavy atom. The molecule has 0 saturated carbocycles. The van der Waals surface area contributed by atoms with Gasteiger partial charge in [0.1, 0.15) is 15.5 Å². The first-order chi connectivity index (χ1) is 16.0. The summed E-state index contributed by atoms with van der Waals surface area (Å²) in [5.74, 6) is 1.79. The third-order valence-corrected chi connectivity index (χ3v) is 10.2. The lowest BCUT2D eigenvalue weighted by Crippen LogP contribution is -2.23. The van der Waals surface area contributed by atoms with Crippen LogP contribution < -0.4 is 11.1 Å². The normalized spacial score (nSPS) is 18.1. The van der Waals surface area contributed by atoms with E-state index in [0.29, 0.717) is 29.2 Å². The van der Waals surface area contributed by atoms with E-state index in [4.69, 9.17) is 9.97 Å². The molecule has 0 saturated heterocycles. The molecular weight excluding hydrogens is 472 g/mol. The number of thioether (sulfide) groups is 1. The third kappa shape index (κ3) is 3.59. The topological polar surface area (TPSA) is 80.6 Å². The van der Waals surface area contributed by atoms with Gasteiger partial charge in [0.2, 0.25) is 0 Å². The van der Waals surface area contributed by atoms with E-state index in [9.17, 15) is 9.59 Å². The molecule has 1 atom stereocenters. The van der Waals surface area contributed by atoms with Crippen LogP contribution in [0.2, 0.25) is 0 Å². The molecule has 0 amide bonds. The number of nitrogens with zero attached hydrogens (tertiary/aromatic N) is 3. The number of aryl methyl sites for hydroxylation is 3. The van der Waals surface area contributed by atoms with Crippen molar-refractivity contribution in [1.29, 1.82) is 0 Å². The summed E-state index contributed by atoms with van der Waals surface area (Å²) in [6.45, 7) is 4.84. The number of fused-ring (bicyclic) bond motifs is 6. The first-order valence-corrected chi connectivity index (χ1v) is 14.4. The number of rotatable bonds is 4. The van der Waals surface area contributed by atoms with E-state index in [1.807, 2.05) is 6.92 Å². The van der Waals surface area contributed by atoms with Gasteiger partial charge in [-0.2, -0.15) is 0 Å². The molecule has 4 aromatic heterocycles. The molecule has 33 heavy (non-hydrogen) atoms. The summed E-state index contributed by atoms with van der Waals surface area (Å²) in [6.07, 6.45) is 7.51. The van der Waals surface area contributed by atoms with Crippen LogP contribution in [0.1, 0.15) is 59.8 Å². The van der Waals surface area contributed by atoms with E-state index in [-0.39, 0.29) is 11.1 Å². The largest absolute Gasteiger partial charge is 0.309 e. The Kier molecular flexibility index (Phi) is 5.46. The second kappa shape index (κ2) is 8.36. The van der Waals surface area contributed by atoms with Crippen LogP contribution in [0.25, 0.3) is 20.4 Å². The SMILES string of the molecule is CCn1c(SCc2nc3sc4c(c3c(=O)[nH]2)CCC(C)C4)nc2sc3c(c2c1=O)CCCC3. The Balaban J connectivity index is 1.35. The van der Waals surface area contributed by atoms with Crippen molar-refractivity contribution in [1.82, 2.24) is 19.5 Å². The van der Waals surface area contributed by atoms with Crippen LogP contribution in [-0.2, 0) is 38.0 Å². The monoisotopic (exact) mass is 498 g/mol.